The van der Waals surface area contributed by atoms with Gasteiger partial charge in [0, 0.05) is 0 Å². The van der Waals surface area contributed by atoms with E-state index in [4.69, 9.17) is 16.3 Å². The van der Waals surface area contributed by atoms with Gasteiger partial charge in [0.2, 0.25) is 0 Å². The third-order valence-electron chi connectivity index (χ3n) is 2.92. The molecule has 2 rings (SSSR count). The lowest BCUT2D eigenvalue weighted by Crippen LogP contribution is -2.00. The van der Waals surface area contributed by atoms with Crippen LogP contribution in [0.4, 0.5) is 4.39 Å². The minimum atomic E-state index is -0.417. The van der Waals surface area contributed by atoms with Crippen LogP contribution in [0.3, 0.4) is 0 Å². The molecule has 0 amide bonds. The molecule has 0 saturated carbocycles. The highest BCUT2D eigenvalue weighted by molar-refractivity contribution is 6.30. The van der Waals surface area contributed by atoms with Crippen molar-refractivity contribution >= 4 is 11.6 Å². The highest BCUT2D eigenvalue weighted by Crippen LogP contribution is 2.26. The van der Waals surface area contributed by atoms with Crippen molar-refractivity contribution in [1.29, 1.82) is 0 Å². The predicted molar refractivity (Wildman–Crippen MR) is 76.3 cm³/mol. The van der Waals surface area contributed by atoms with Gasteiger partial charge in [-0.15, -0.1) is 0 Å². The Bertz CT molecular complexity index is 566. The molecule has 0 heterocycles. The summed E-state index contributed by atoms with van der Waals surface area (Å²) in [5.74, 6) is 0.811. The van der Waals surface area contributed by atoms with Crippen molar-refractivity contribution in [1.82, 2.24) is 0 Å². The van der Waals surface area contributed by atoms with Crippen LogP contribution < -0.4 is 4.74 Å². The van der Waals surface area contributed by atoms with E-state index in [1.54, 1.807) is 12.1 Å². The van der Waals surface area contributed by atoms with Crippen LogP contribution in [0.5, 0.6) is 5.75 Å². The monoisotopic (exact) mass is 278 g/mol. The van der Waals surface area contributed by atoms with E-state index in [1.807, 2.05) is 24.3 Å². The van der Waals surface area contributed by atoms with Gasteiger partial charge in [0.25, 0.3) is 0 Å². The largest absolute Gasteiger partial charge is 0.489 e. The maximum atomic E-state index is 13.3. The van der Waals surface area contributed by atoms with E-state index in [9.17, 15) is 4.39 Å². The molecule has 0 aliphatic carbocycles. The lowest BCUT2D eigenvalue weighted by molar-refractivity contribution is 0.301. The molecule has 0 aliphatic heterocycles. The first-order valence-electron chi connectivity index (χ1n) is 6.23. The highest BCUT2D eigenvalue weighted by atomic mass is 35.5. The van der Waals surface area contributed by atoms with Crippen molar-refractivity contribution in [3.63, 3.8) is 0 Å². The Labute approximate surface area is 118 Å². The Morgan fingerprint density at radius 3 is 2.58 bits per heavy atom. The fourth-order valence-corrected chi connectivity index (χ4v) is 2.00. The number of ether oxygens (including phenoxy) is 1. The molecular formula is C16H16ClFO. The van der Waals surface area contributed by atoms with E-state index < -0.39 is 5.82 Å². The predicted octanol–water partition coefficient (Wildman–Crippen LogP) is 5.18. The Hall–Kier alpha value is -1.54. The minimum Gasteiger partial charge on any atom is -0.489 e. The normalized spacial score (nSPS) is 10.8. The first kappa shape index (κ1) is 13.9. The average molecular weight is 279 g/mol. The fraction of sp³-hybridized carbons (Fsp3) is 0.250. The average Bonchev–Trinajstić information content (AvgIpc) is 2.40. The molecule has 0 aliphatic rings. The molecule has 0 aromatic heterocycles. The van der Waals surface area contributed by atoms with Gasteiger partial charge in [0.15, 0.2) is 0 Å². The van der Waals surface area contributed by atoms with Crippen molar-refractivity contribution in [2.24, 2.45) is 0 Å². The molecule has 0 N–H and O–H groups in total. The summed E-state index contributed by atoms with van der Waals surface area (Å²) in [5, 5.41) is 0.131. The number of para-hydroxylation sites is 1. The van der Waals surface area contributed by atoms with Crippen LogP contribution in [0.15, 0.2) is 42.5 Å². The zero-order valence-electron chi connectivity index (χ0n) is 11.0. The van der Waals surface area contributed by atoms with Gasteiger partial charge in [-0.2, -0.15) is 0 Å². The van der Waals surface area contributed by atoms with Gasteiger partial charge in [-0.1, -0.05) is 49.7 Å². The van der Waals surface area contributed by atoms with Crippen LogP contribution >= 0.6 is 11.6 Å². The first-order valence-corrected chi connectivity index (χ1v) is 6.61. The fourth-order valence-electron chi connectivity index (χ4n) is 1.88. The first-order chi connectivity index (χ1) is 9.08. The molecule has 2 aromatic rings. The third-order valence-corrected chi connectivity index (χ3v) is 3.23. The van der Waals surface area contributed by atoms with Crippen LogP contribution in [-0.2, 0) is 6.61 Å². The van der Waals surface area contributed by atoms with E-state index in [0.29, 0.717) is 12.5 Å². The third kappa shape index (κ3) is 3.48. The second-order valence-corrected chi connectivity index (χ2v) is 5.14. The highest BCUT2D eigenvalue weighted by Gasteiger charge is 2.07. The number of rotatable bonds is 4. The molecule has 0 spiro atoms. The second-order valence-electron chi connectivity index (χ2n) is 4.73. The standard InChI is InChI=1S/C16H16ClFO/c1-11(2)13-5-3-4-6-16(13)19-10-12-7-8-14(17)15(18)9-12/h3-9,11H,10H2,1-2H3. The molecule has 100 valence electrons. The van der Waals surface area contributed by atoms with Gasteiger partial charge in [-0.25, -0.2) is 4.39 Å². The molecule has 1 nitrogen and oxygen atoms in total. The SMILES string of the molecule is CC(C)c1ccccc1OCc1ccc(Cl)c(F)c1. The van der Waals surface area contributed by atoms with Crippen molar-refractivity contribution in [2.75, 3.05) is 0 Å². The van der Waals surface area contributed by atoms with Crippen molar-refractivity contribution in [2.45, 2.75) is 26.4 Å². The molecule has 2 aromatic carbocycles. The summed E-state index contributed by atoms with van der Waals surface area (Å²) in [7, 11) is 0. The molecule has 0 atom stereocenters. The summed E-state index contributed by atoms with van der Waals surface area (Å²) >= 11 is 5.65. The topological polar surface area (TPSA) is 9.23 Å². The summed E-state index contributed by atoms with van der Waals surface area (Å²) in [4.78, 5) is 0. The van der Waals surface area contributed by atoms with Gasteiger partial charge >= 0.3 is 0 Å². The zero-order valence-corrected chi connectivity index (χ0v) is 11.7. The lowest BCUT2D eigenvalue weighted by atomic mass is 10.0. The van der Waals surface area contributed by atoms with Crippen molar-refractivity contribution < 1.29 is 9.13 Å². The van der Waals surface area contributed by atoms with E-state index in [2.05, 4.69) is 13.8 Å². The number of hydrogen-bond acceptors (Lipinski definition) is 1. The Balaban J connectivity index is 2.12. The molecule has 0 radical (unpaired) electrons. The lowest BCUT2D eigenvalue weighted by Gasteiger charge is -2.14. The Kier molecular flexibility index (Phi) is 4.43. The maximum absolute atomic E-state index is 13.3. The zero-order chi connectivity index (χ0) is 13.8. The number of benzene rings is 2. The van der Waals surface area contributed by atoms with Crippen molar-refractivity contribution in [3.05, 3.63) is 64.4 Å². The van der Waals surface area contributed by atoms with E-state index in [-0.39, 0.29) is 5.02 Å². The summed E-state index contributed by atoms with van der Waals surface area (Å²) in [6, 6.07) is 12.6. The summed E-state index contributed by atoms with van der Waals surface area (Å²) in [5.41, 5.74) is 1.91. The van der Waals surface area contributed by atoms with Crippen LogP contribution in [0.1, 0.15) is 30.9 Å². The van der Waals surface area contributed by atoms with Crippen LogP contribution in [-0.4, -0.2) is 0 Å². The van der Waals surface area contributed by atoms with E-state index in [0.717, 1.165) is 16.9 Å². The maximum Gasteiger partial charge on any atom is 0.142 e. The van der Waals surface area contributed by atoms with Gasteiger partial charge in [-0.05, 0) is 35.2 Å². The van der Waals surface area contributed by atoms with Crippen molar-refractivity contribution in [3.8, 4) is 5.75 Å². The van der Waals surface area contributed by atoms with E-state index in [1.165, 1.54) is 6.07 Å². The van der Waals surface area contributed by atoms with Gasteiger partial charge in [0.1, 0.15) is 18.2 Å². The second kappa shape index (κ2) is 6.07. The molecule has 0 fully saturated rings. The Morgan fingerprint density at radius 1 is 1.16 bits per heavy atom. The molecular weight excluding hydrogens is 263 g/mol. The van der Waals surface area contributed by atoms with Crippen LogP contribution in [0.25, 0.3) is 0 Å². The summed E-state index contributed by atoms with van der Waals surface area (Å²) in [6.45, 7) is 4.56. The molecule has 19 heavy (non-hydrogen) atoms. The molecule has 0 unspecified atom stereocenters. The van der Waals surface area contributed by atoms with Gasteiger partial charge < -0.3 is 4.74 Å². The Morgan fingerprint density at radius 2 is 1.89 bits per heavy atom. The number of halogens is 2. The smallest absolute Gasteiger partial charge is 0.142 e. The van der Waals surface area contributed by atoms with E-state index >= 15 is 0 Å². The van der Waals surface area contributed by atoms with Gasteiger partial charge in [0.05, 0.1) is 5.02 Å². The summed E-state index contributed by atoms with van der Waals surface area (Å²) in [6.07, 6.45) is 0. The quantitative estimate of drug-likeness (QED) is 0.748. The summed E-state index contributed by atoms with van der Waals surface area (Å²) < 4.78 is 19.1. The van der Waals surface area contributed by atoms with Gasteiger partial charge in [-0.3, -0.25) is 0 Å². The molecule has 0 bridgehead atoms. The minimum absolute atomic E-state index is 0.131. The number of hydrogen-bond donors (Lipinski definition) is 0. The van der Waals surface area contributed by atoms with Crippen LogP contribution in [0.2, 0.25) is 5.02 Å². The molecule has 3 heteroatoms. The van der Waals surface area contributed by atoms with Crippen LogP contribution in [0, 0.1) is 5.82 Å². The molecule has 0 saturated heterocycles.